The van der Waals surface area contributed by atoms with Crippen LogP contribution in [0.4, 0.5) is 0 Å². The quantitative estimate of drug-likeness (QED) is 0.815. The molecule has 1 atom stereocenters. The number of nitrogens with one attached hydrogen (secondary N) is 2. The Kier molecular flexibility index (Phi) is 6.36. The van der Waals surface area contributed by atoms with Gasteiger partial charge in [0.2, 0.25) is 11.8 Å². The van der Waals surface area contributed by atoms with Crippen molar-refractivity contribution in [2.45, 2.75) is 33.1 Å². The van der Waals surface area contributed by atoms with Crippen molar-refractivity contribution in [2.75, 3.05) is 0 Å². The van der Waals surface area contributed by atoms with E-state index in [1.54, 1.807) is 24.3 Å². The fourth-order valence-electron chi connectivity index (χ4n) is 1.65. The number of halogens is 1. The van der Waals surface area contributed by atoms with Crippen molar-refractivity contribution in [1.82, 2.24) is 10.9 Å². The summed E-state index contributed by atoms with van der Waals surface area (Å²) >= 11 is 5.76. The van der Waals surface area contributed by atoms with Gasteiger partial charge in [0.05, 0.1) is 6.42 Å². The van der Waals surface area contributed by atoms with Crippen molar-refractivity contribution in [3.05, 3.63) is 34.9 Å². The summed E-state index contributed by atoms with van der Waals surface area (Å²) < 4.78 is 0. The van der Waals surface area contributed by atoms with Crippen LogP contribution in [-0.2, 0) is 16.0 Å². The molecule has 0 aliphatic rings. The molecule has 2 amide bonds. The van der Waals surface area contributed by atoms with Gasteiger partial charge in [-0.05, 0) is 24.1 Å². The summed E-state index contributed by atoms with van der Waals surface area (Å²) in [7, 11) is 0. The molecule has 19 heavy (non-hydrogen) atoms. The molecule has 4 nitrogen and oxygen atoms in total. The van der Waals surface area contributed by atoms with Crippen molar-refractivity contribution in [3.63, 3.8) is 0 Å². The number of carbonyl (C=O) groups excluding carboxylic acids is 2. The zero-order valence-electron chi connectivity index (χ0n) is 11.2. The number of rotatable bonds is 5. The molecular weight excluding hydrogens is 264 g/mol. The molecule has 5 heteroatoms. The third-order valence-electron chi connectivity index (χ3n) is 2.77. The van der Waals surface area contributed by atoms with Crippen molar-refractivity contribution in [2.24, 2.45) is 5.92 Å². The lowest BCUT2D eigenvalue weighted by Crippen LogP contribution is -2.44. The lowest BCUT2D eigenvalue weighted by Gasteiger charge is -2.12. The first-order chi connectivity index (χ1) is 9.02. The van der Waals surface area contributed by atoms with Crippen LogP contribution in [0.1, 0.15) is 32.3 Å². The van der Waals surface area contributed by atoms with Crippen LogP contribution in [0, 0.1) is 5.92 Å². The average Bonchev–Trinajstić information content (AvgIpc) is 2.39. The van der Waals surface area contributed by atoms with Gasteiger partial charge in [-0.3, -0.25) is 20.4 Å². The van der Waals surface area contributed by atoms with Gasteiger partial charge in [-0.15, -0.1) is 0 Å². The number of hydrazine groups is 1. The normalized spacial score (nSPS) is 11.7. The number of benzene rings is 1. The second-order valence-electron chi connectivity index (χ2n) is 4.53. The Morgan fingerprint density at radius 1 is 1.21 bits per heavy atom. The van der Waals surface area contributed by atoms with Crippen LogP contribution in [0.5, 0.6) is 0 Å². The SMILES string of the molecule is CCCC(C)C(=O)NNC(=O)Cc1ccc(Cl)cc1. The third-order valence-corrected chi connectivity index (χ3v) is 3.02. The average molecular weight is 283 g/mol. The predicted octanol–water partition coefficient (Wildman–Crippen LogP) is 2.47. The van der Waals surface area contributed by atoms with Gasteiger partial charge in [-0.2, -0.15) is 0 Å². The second-order valence-corrected chi connectivity index (χ2v) is 4.97. The summed E-state index contributed by atoms with van der Waals surface area (Å²) in [6.45, 7) is 3.85. The lowest BCUT2D eigenvalue weighted by atomic mass is 10.1. The first-order valence-corrected chi connectivity index (χ1v) is 6.74. The number of hydrogen-bond acceptors (Lipinski definition) is 2. The molecule has 0 saturated carbocycles. The van der Waals surface area contributed by atoms with E-state index < -0.39 is 0 Å². The first-order valence-electron chi connectivity index (χ1n) is 6.36. The van der Waals surface area contributed by atoms with Crippen LogP contribution in [-0.4, -0.2) is 11.8 Å². The highest BCUT2D eigenvalue weighted by Crippen LogP contribution is 2.09. The molecular formula is C14H19ClN2O2. The van der Waals surface area contributed by atoms with Gasteiger partial charge >= 0.3 is 0 Å². The Labute approximate surface area is 118 Å². The summed E-state index contributed by atoms with van der Waals surface area (Å²) in [5.41, 5.74) is 5.69. The number of amides is 2. The standard InChI is InChI=1S/C14H19ClN2O2/c1-3-4-10(2)14(19)17-16-13(18)9-11-5-7-12(15)8-6-11/h5-8,10H,3-4,9H2,1-2H3,(H,16,18)(H,17,19). The zero-order valence-corrected chi connectivity index (χ0v) is 12.0. The van der Waals surface area contributed by atoms with E-state index in [2.05, 4.69) is 10.9 Å². The van der Waals surface area contributed by atoms with Gasteiger partial charge in [0.25, 0.3) is 0 Å². The van der Waals surface area contributed by atoms with E-state index in [0.717, 1.165) is 18.4 Å². The van der Waals surface area contributed by atoms with Gasteiger partial charge < -0.3 is 0 Å². The van der Waals surface area contributed by atoms with E-state index in [0.29, 0.717) is 5.02 Å². The number of carbonyl (C=O) groups is 2. The van der Waals surface area contributed by atoms with Crippen molar-refractivity contribution < 1.29 is 9.59 Å². The summed E-state index contributed by atoms with van der Waals surface area (Å²) in [6.07, 6.45) is 1.95. The van der Waals surface area contributed by atoms with Gasteiger partial charge in [-0.25, -0.2) is 0 Å². The Morgan fingerprint density at radius 3 is 2.42 bits per heavy atom. The third kappa shape index (κ3) is 5.75. The number of hydrogen-bond donors (Lipinski definition) is 2. The molecule has 0 heterocycles. The maximum atomic E-state index is 11.6. The molecule has 0 radical (unpaired) electrons. The molecule has 0 aliphatic carbocycles. The van der Waals surface area contributed by atoms with E-state index in [-0.39, 0.29) is 24.2 Å². The van der Waals surface area contributed by atoms with Gasteiger partial charge in [0.1, 0.15) is 0 Å². The predicted molar refractivity (Wildman–Crippen MR) is 75.5 cm³/mol. The molecule has 104 valence electrons. The van der Waals surface area contributed by atoms with Crippen LogP contribution < -0.4 is 10.9 Å². The Balaban J connectivity index is 2.35. The highest BCUT2D eigenvalue weighted by molar-refractivity contribution is 6.30. The molecule has 1 aromatic rings. The minimum Gasteiger partial charge on any atom is -0.273 e. The molecule has 0 saturated heterocycles. The highest BCUT2D eigenvalue weighted by atomic mass is 35.5. The minimum absolute atomic E-state index is 0.0965. The van der Waals surface area contributed by atoms with Gasteiger partial charge in [-0.1, -0.05) is 44.0 Å². The minimum atomic E-state index is -0.251. The summed E-state index contributed by atoms with van der Waals surface area (Å²) in [6, 6.07) is 7.02. The molecule has 1 rings (SSSR count). The smallest absolute Gasteiger partial charge is 0.242 e. The first kappa shape index (κ1) is 15.5. The lowest BCUT2D eigenvalue weighted by molar-refractivity contribution is -0.130. The second kappa shape index (κ2) is 7.79. The van der Waals surface area contributed by atoms with Gasteiger partial charge in [0.15, 0.2) is 0 Å². The molecule has 2 N–H and O–H groups in total. The highest BCUT2D eigenvalue weighted by Gasteiger charge is 2.12. The van der Waals surface area contributed by atoms with Crippen LogP contribution in [0.2, 0.25) is 5.02 Å². The Hall–Kier alpha value is -1.55. The monoisotopic (exact) mass is 282 g/mol. The Bertz CT molecular complexity index is 432. The summed E-state index contributed by atoms with van der Waals surface area (Å²) in [5.74, 6) is -0.508. The van der Waals surface area contributed by atoms with Crippen LogP contribution >= 0.6 is 11.6 Å². The van der Waals surface area contributed by atoms with E-state index in [4.69, 9.17) is 11.6 Å². The van der Waals surface area contributed by atoms with Crippen molar-refractivity contribution in [1.29, 1.82) is 0 Å². The molecule has 0 fully saturated rings. The molecule has 0 spiro atoms. The zero-order chi connectivity index (χ0) is 14.3. The molecule has 0 aliphatic heterocycles. The Morgan fingerprint density at radius 2 is 1.84 bits per heavy atom. The molecule has 0 bridgehead atoms. The van der Waals surface area contributed by atoms with Crippen molar-refractivity contribution in [3.8, 4) is 0 Å². The van der Waals surface area contributed by atoms with Gasteiger partial charge in [0, 0.05) is 10.9 Å². The van der Waals surface area contributed by atoms with E-state index in [1.165, 1.54) is 0 Å². The van der Waals surface area contributed by atoms with Crippen molar-refractivity contribution >= 4 is 23.4 Å². The summed E-state index contributed by atoms with van der Waals surface area (Å²) in [4.78, 5) is 23.2. The summed E-state index contributed by atoms with van der Waals surface area (Å²) in [5, 5.41) is 0.630. The fraction of sp³-hybridized carbons (Fsp3) is 0.429. The van der Waals surface area contributed by atoms with Crippen LogP contribution in [0.15, 0.2) is 24.3 Å². The molecule has 1 aromatic carbocycles. The largest absolute Gasteiger partial charge is 0.273 e. The topological polar surface area (TPSA) is 58.2 Å². The van der Waals surface area contributed by atoms with E-state index >= 15 is 0 Å². The van der Waals surface area contributed by atoms with E-state index in [9.17, 15) is 9.59 Å². The fourth-order valence-corrected chi connectivity index (χ4v) is 1.78. The van der Waals surface area contributed by atoms with Crippen LogP contribution in [0.3, 0.4) is 0 Å². The molecule has 0 aromatic heterocycles. The maximum Gasteiger partial charge on any atom is 0.242 e. The maximum absolute atomic E-state index is 11.6. The van der Waals surface area contributed by atoms with Crippen LogP contribution in [0.25, 0.3) is 0 Å². The van der Waals surface area contributed by atoms with E-state index in [1.807, 2.05) is 13.8 Å². The molecule has 1 unspecified atom stereocenters.